The van der Waals surface area contributed by atoms with E-state index in [0.717, 1.165) is 10.0 Å². The number of benzene rings is 2. The number of amides is 2. The molecule has 0 aliphatic heterocycles. The van der Waals surface area contributed by atoms with Crippen molar-refractivity contribution in [3.63, 3.8) is 0 Å². The number of halogens is 2. The summed E-state index contributed by atoms with van der Waals surface area (Å²) in [5.74, 6) is -0.693. The van der Waals surface area contributed by atoms with Crippen molar-refractivity contribution in [2.45, 2.75) is 6.92 Å². The van der Waals surface area contributed by atoms with Crippen molar-refractivity contribution < 1.29 is 9.59 Å². The van der Waals surface area contributed by atoms with Crippen LogP contribution in [-0.2, 0) is 4.79 Å². The van der Waals surface area contributed by atoms with Crippen LogP contribution in [0.2, 0.25) is 5.02 Å². The molecule has 0 atom stereocenters. The lowest BCUT2D eigenvalue weighted by atomic mass is 10.2. The van der Waals surface area contributed by atoms with Gasteiger partial charge in [-0.3, -0.25) is 9.59 Å². The van der Waals surface area contributed by atoms with Gasteiger partial charge in [-0.2, -0.15) is 0 Å². The summed E-state index contributed by atoms with van der Waals surface area (Å²) in [6, 6.07) is 12.2. The fourth-order valence-corrected chi connectivity index (χ4v) is 2.38. The van der Waals surface area contributed by atoms with E-state index in [1.165, 1.54) is 0 Å². The quantitative estimate of drug-likeness (QED) is 0.847. The van der Waals surface area contributed by atoms with Crippen molar-refractivity contribution in [2.24, 2.45) is 0 Å². The van der Waals surface area contributed by atoms with Gasteiger partial charge in [0.05, 0.1) is 17.1 Å². The predicted molar refractivity (Wildman–Crippen MR) is 91.3 cm³/mol. The zero-order valence-electron chi connectivity index (χ0n) is 11.8. The number of carbonyl (C=O) groups is 2. The zero-order valence-corrected chi connectivity index (χ0v) is 14.2. The number of nitrogens with one attached hydrogen (secondary N) is 2. The molecule has 2 aromatic carbocycles. The first kappa shape index (κ1) is 16.5. The molecule has 0 aliphatic rings. The largest absolute Gasteiger partial charge is 0.343 e. The Morgan fingerprint density at radius 1 is 1.18 bits per heavy atom. The summed E-state index contributed by atoms with van der Waals surface area (Å²) in [4.78, 5) is 23.8. The maximum atomic E-state index is 11.9. The molecule has 4 nitrogen and oxygen atoms in total. The highest BCUT2D eigenvalue weighted by molar-refractivity contribution is 9.10. The third-order valence-corrected chi connectivity index (χ3v) is 4.17. The highest BCUT2D eigenvalue weighted by atomic mass is 79.9. The van der Waals surface area contributed by atoms with Crippen LogP contribution in [0.15, 0.2) is 46.9 Å². The van der Waals surface area contributed by atoms with Crippen molar-refractivity contribution in [3.8, 4) is 0 Å². The third-order valence-electron chi connectivity index (χ3n) is 2.98. The summed E-state index contributed by atoms with van der Waals surface area (Å²) < 4.78 is 0.908. The molecule has 2 aromatic rings. The number of rotatable bonds is 4. The van der Waals surface area contributed by atoms with Crippen LogP contribution in [0.25, 0.3) is 0 Å². The Morgan fingerprint density at radius 3 is 2.59 bits per heavy atom. The van der Waals surface area contributed by atoms with Crippen LogP contribution in [0, 0.1) is 6.92 Å². The maximum absolute atomic E-state index is 11.9. The molecule has 0 aromatic heterocycles. The van der Waals surface area contributed by atoms with Gasteiger partial charge in [0.25, 0.3) is 5.91 Å². The molecule has 0 saturated heterocycles. The summed E-state index contributed by atoms with van der Waals surface area (Å²) in [5, 5.41) is 5.60. The van der Waals surface area contributed by atoms with E-state index in [-0.39, 0.29) is 18.4 Å². The van der Waals surface area contributed by atoms with Crippen LogP contribution in [0.3, 0.4) is 0 Å². The SMILES string of the molecule is Cc1ccc(NC(=O)CNC(=O)c2ccccc2Cl)cc1Br. The maximum Gasteiger partial charge on any atom is 0.253 e. The summed E-state index contributed by atoms with van der Waals surface area (Å²) >= 11 is 9.33. The molecule has 2 N–H and O–H groups in total. The second kappa shape index (κ2) is 7.42. The van der Waals surface area contributed by atoms with Crippen LogP contribution in [0.5, 0.6) is 0 Å². The average molecular weight is 382 g/mol. The predicted octanol–water partition coefficient (Wildman–Crippen LogP) is 3.78. The molecule has 2 rings (SSSR count). The van der Waals surface area contributed by atoms with Gasteiger partial charge in [0.2, 0.25) is 5.91 Å². The number of aryl methyl sites for hydroxylation is 1. The van der Waals surface area contributed by atoms with E-state index in [9.17, 15) is 9.59 Å². The third kappa shape index (κ3) is 4.32. The van der Waals surface area contributed by atoms with Gasteiger partial charge >= 0.3 is 0 Å². The first-order valence-electron chi connectivity index (χ1n) is 6.56. The Morgan fingerprint density at radius 2 is 1.91 bits per heavy atom. The molecule has 0 fully saturated rings. The smallest absolute Gasteiger partial charge is 0.253 e. The fraction of sp³-hybridized carbons (Fsp3) is 0.125. The molecule has 0 heterocycles. The van der Waals surface area contributed by atoms with Crippen molar-refractivity contribution in [1.29, 1.82) is 0 Å². The summed E-state index contributed by atoms with van der Waals surface area (Å²) in [7, 11) is 0. The van der Waals surface area contributed by atoms with E-state index in [1.54, 1.807) is 30.3 Å². The molecule has 0 spiro atoms. The standard InChI is InChI=1S/C16H14BrClN2O2/c1-10-6-7-11(8-13(10)17)20-15(21)9-19-16(22)12-4-2-3-5-14(12)18/h2-8H,9H2,1H3,(H,19,22)(H,20,21). The topological polar surface area (TPSA) is 58.2 Å². The van der Waals surface area contributed by atoms with E-state index in [0.29, 0.717) is 16.3 Å². The van der Waals surface area contributed by atoms with Gasteiger partial charge in [-0.25, -0.2) is 0 Å². The molecule has 22 heavy (non-hydrogen) atoms. The van der Waals surface area contributed by atoms with Gasteiger partial charge < -0.3 is 10.6 Å². The minimum absolute atomic E-state index is 0.129. The van der Waals surface area contributed by atoms with Crippen LogP contribution >= 0.6 is 27.5 Å². The van der Waals surface area contributed by atoms with Crippen LogP contribution < -0.4 is 10.6 Å². The fourth-order valence-electron chi connectivity index (χ4n) is 1.78. The summed E-state index contributed by atoms with van der Waals surface area (Å²) in [6.45, 7) is 1.83. The molecule has 0 radical (unpaired) electrons. The highest BCUT2D eigenvalue weighted by Gasteiger charge is 2.11. The molecule has 2 amide bonds. The Hall–Kier alpha value is -1.85. The molecule has 6 heteroatoms. The highest BCUT2D eigenvalue weighted by Crippen LogP contribution is 2.20. The number of anilines is 1. The lowest BCUT2D eigenvalue weighted by Crippen LogP contribution is -2.33. The Balaban J connectivity index is 1.91. The van der Waals surface area contributed by atoms with E-state index >= 15 is 0 Å². The second-order valence-electron chi connectivity index (χ2n) is 4.67. The molecule has 0 aliphatic carbocycles. The minimum Gasteiger partial charge on any atom is -0.343 e. The van der Waals surface area contributed by atoms with Crippen molar-refractivity contribution >= 4 is 45.0 Å². The number of carbonyl (C=O) groups excluding carboxylic acids is 2. The van der Waals surface area contributed by atoms with E-state index in [4.69, 9.17) is 11.6 Å². The Kier molecular flexibility index (Phi) is 5.57. The lowest BCUT2D eigenvalue weighted by Gasteiger charge is -2.09. The Labute approximate surface area is 142 Å². The average Bonchev–Trinajstić information content (AvgIpc) is 2.49. The summed E-state index contributed by atoms with van der Waals surface area (Å²) in [5.41, 5.74) is 2.08. The van der Waals surface area contributed by atoms with E-state index < -0.39 is 0 Å². The van der Waals surface area contributed by atoms with E-state index in [1.807, 2.05) is 19.1 Å². The zero-order chi connectivity index (χ0) is 16.1. The van der Waals surface area contributed by atoms with Crippen LogP contribution in [0.1, 0.15) is 15.9 Å². The first-order valence-corrected chi connectivity index (χ1v) is 7.73. The van der Waals surface area contributed by atoms with Gasteiger partial charge in [-0.1, -0.05) is 45.7 Å². The number of hydrogen-bond acceptors (Lipinski definition) is 2. The van der Waals surface area contributed by atoms with Gasteiger partial charge in [0, 0.05) is 10.2 Å². The molecule has 0 unspecified atom stereocenters. The van der Waals surface area contributed by atoms with Crippen molar-refractivity contribution in [3.05, 3.63) is 63.1 Å². The van der Waals surface area contributed by atoms with Gasteiger partial charge in [0.1, 0.15) is 0 Å². The van der Waals surface area contributed by atoms with Gasteiger partial charge in [0.15, 0.2) is 0 Å². The van der Waals surface area contributed by atoms with Gasteiger partial charge in [-0.15, -0.1) is 0 Å². The molecular formula is C16H14BrClN2O2. The first-order chi connectivity index (χ1) is 10.5. The lowest BCUT2D eigenvalue weighted by molar-refractivity contribution is -0.115. The van der Waals surface area contributed by atoms with Crippen molar-refractivity contribution in [1.82, 2.24) is 5.32 Å². The van der Waals surface area contributed by atoms with E-state index in [2.05, 4.69) is 26.6 Å². The molecule has 0 saturated carbocycles. The molecule has 114 valence electrons. The van der Waals surface area contributed by atoms with Crippen molar-refractivity contribution in [2.75, 3.05) is 11.9 Å². The second-order valence-corrected chi connectivity index (χ2v) is 5.94. The Bertz CT molecular complexity index is 719. The molecule has 0 bridgehead atoms. The van der Waals surface area contributed by atoms with Gasteiger partial charge in [-0.05, 0) is 36.8 Å². The van der Waals surface area contributed by atoms with Crippen LogP contribution in [-0.4, -0.2) is 18.4 Å². The normalized spacial score (nSPS) is 10.1. The molecular weight excluding hydrogens is 368 g/mol. The monoisotopic (exact) mass is 380 g/mol. The minimum atomic E-state index is -0.383. The number of hydrogen-bond donors (Lipinski definition) is 2. The summed E-state index contributed by atoms with van der Waals surface area (Å²) in [6.07, 6.45) is 0. The van der Waals surface area contributed by atoms with Crippen LogP contribution in [0.4, 0.5) is 5.69 Å².